The molecule has 24 heavy (non-hydrogen) atoms. The molecule has 0 saturated heterocycles. The van der Waals surface area contributed by atoms with Crippen molar-refractivity contribution in [2.75, 3.05) is 18.5 Å². The second-order valence-corrected chi connectivity index (χ2v) is 5.43. The maximum absolute atomic E-state index is 12.0. The number of benzene rings is 2. The van der Waals surface area contributed by atoms with E-state index in [2.05, 4.69) is 5.32 Å². The van der Waals surface area contributed by atoms with Crippen LogP contribution in [0.3, 0.4) is 0 Å². The number of halogens is 1. The molecule has 1 N–H and O–H groups in total. The van der Waals surface area contributed by atoms with Crippen molar-refractivity contribution in [3.8, 4) is 5.75 Å². The zero-order valence-electron chi connectivity index (χ0n) is 13.5. The van der Waals surface area contributed by atoms with E-state index < -0.39 is 5.97 Å². The van der Waals surface area contributed by atoms with Crippen LogP contribution in [0, 0.1) is 6.92 Å². The van der Waals surface area contributed by atoms with Crippen LogP contribution in [0.5, 0.6) is 5.75 Å². The molecule has 2 rings (SSSR count). The minimum Gasteiger partial charge on any atom is -0.484 e. The van der Waals surface area contributed by atoms with Crippen molar-refractivity contribution in [2.45, 2.75) is 13.8 Å². The van der Waals surface area contributed by atoms with Gasteiger partial charge in [-0.1, -0.05) is 17.7 Å². The Morgan fingerprint density at radius 2 is 1.83 bits per heavy atom. The van der Waals surface area contributed by atoms with Gasteiger partial charge in [0.2, 0.25) is 0 Å². The standard InChI is InChI=1S/C18H18ClNO4/c1-3-23-18(22)15-5-4-6-16(12(15)2)20-17(21)11-24-14-9-7-13(19)8-10-14/h4-10H,3,11H2,1-2H3,(H,20,21). The lowest BCUT2D eigenvalue weighted by Gasteiger charge is -2.12. The summed E-state index contributed by atoms with van der Waals surface area (Å²) in [7, 11) is 0. The van der Waals surface area contributed by atoms with Crippen LogP contribution in [0.15, 0.2) is 42.5 Å². The number of rotatable bonds is 6. The SMILES string of the molecule is CCOC(=O)c1cccc(NC(=O)COc2ccc(Cl)cc2)c1C. The summed E-state index contributed by atoms with van der Waals surface area (Å²) in [5, 5.41) is 3.33. The molecule has 6 heteroatoms. The van der Waals surface area contributed by atoms with E-state index in [0.29, 0.717) is 34.2 Å². The van der Waals surface area contributed by atoms with Crippen LogP contribution < -0.4 is 10.1 Å². The summed E-state index contributed by atoms with van der Waals surface area (Å²) < 4.78 is 10.4. The third kappa shape index (κ3) is 4.73. The lowest BCUT2D eigenvalue weighted by atomic mass is 10.1. The molecule has 0 fully saturated rings. The molecule has 0 radical (unpaired) electrons. The molecule has 0 atom stereocenters. The van der Waals surface area contributed by atoms with Crippen molar-refractivity contribution in [3.05, 3.63) is 58.6 Å². The van der Waals surface area contributed by atoms with Gasteiger partial charge in [-0.3, -0.25) is 4.79 Å². The Kier molecular flexibility index (Phi) is 6.21. The zero-order chi connectivity index (χ0) is 17.5. The molecule has 0 spiro atoms. The predicted octanol–water partition coefficient (Wildman–Crippen LogP) is 3.84. The van der Waals surface area contributed by atoms with E-state index in [4.69, 9.17) is 21.1 Å². The van der Waals surface area contributed by atoms with Crippen LogP contribution in [-0.2, 0) is 9.53 Å². The first-order valence-corrected chi connectivity index (χ1v) is 7.84. The quantitative estimate of drug-likeness (QED) is 0.806. The van der Waals surface area contributed by atoms with Crippen LogP contribution in [0.2, 0.25) is 5.02 Å². The highest BCUT2D eigenvalue weighted by atomic mass is 35.5. The van der Waals surface area contributed by atoms with E-state index in [0.717, 1.165) is 0 Å². The van der Waals surface area contributed by atoms with Gasteiger partial charge in [0.05, 0.1) is 12.2 Å². The topological polar surface area (TPSA) is 64.6 Å². The maximum atomic E-state index is 12.0. The lowest BCUT2D eigenvalue weighted by Crippen LogP contribution is -2.21. The maximum Gasteiger partial charge on any atom is 0.338 e. The summed E-state index contributed by atoms with van der Waals surface area (Å²) >= 11 is 5.79. The molecule has 126 valence electrons. The van der Waals surface area contributed by atoms with Gasteiger partial charge in [-0.15, -0.1) is 0 Å². The highest BCUT2D eigenvalue weighted by molar-refractivity contribution is 6.30. The van der Waals surface area contributed by atoms with E-state index in [-0.39, 0.29) is 12.5 Å². The molecule has 0 saturated carbocycles. The number of nitrogens with one attached hydrogen (secondary N) is 1. The Hall–Kier alpha value is -2.53. The van der Waals surface area contributed by atoms with E-state index in [9.17, 15) is 9.59 Å². The molecule has 0 aliphatic rings. The number of hydrogen-bond donors (Lipinski definition) is 1. The number of esters is 1. The number of hydrogen-bond acceptors (Lipinski definition) is 4. The molecular formula is C18H18ClNO4. The summed E-state index contributed by atoms with van der Waals surface area (Å²) in [5.74, 6) is -0.191. The van der Waals surface area contributed by atoms with Gasteiger partial charge in [0, 0.05) is 10.7 Å². The average molecular weight is 348 g/mol. The molecule has 0 heterocycles. The number of amides is 1. The number of ether oxygens (including phenoxy) is 2. The highest BCUT2D eigenvalue weighted by Crippen LogP contribution is 2.20. The Labute approximate surface area is 145 Å². The first-order valence-electron chi connectivity index (χ1n) is 7.46. The first kappa shape index (κ1) is 17.8. The molecular weight excluding hydrogens is 330 g/mol. The molecule has 0 unspecified atom stereocenters. The summed E-state index contributed by atoms with van der Waals surface area (Å²) in [6.07, 6.45) is 0. The van der Waals surface area contributed by atoms with Crippen LogP contribution >= 0.6 is 11.6 Å². The second-order valence-electron chi connectivity index (χ2n) is 4.99. The van der Waals surface area contributed by atoms with Crippen molar-refractivity contribution >= 4 is 29.2 Å². The summed E-state index contributed by atoms with van der Waals surface area (Å²) in [6.45, 7) is 3.64. The molecule has 0 aliphatic carbocycles. The Morgan fingerprint density at radius 1 is 1.12 bits per heavy atom. The Bertz CT molecular complexity index is 728. The van der Waals surface area contributed by atoms with Gasteiger partial charge in [-0.2, -0.15) is 0 Å². The minimum atomic E-state index is -0.413. The Morgan fingerprint density at radius 3 is 2.50 bits per heavy atom. The van der Waals surface area contributed by atoms with Crippen LogP contribution in [0.4, 0.5) is 5.69 Å². The molecule has 0 aromatic heterocycles. The van der Waals surface area contributed by atoms with Crippen LogP contribution in [-0.4, -0.2) is 25.1 Å². The number of carbonyl (C=O) groups excluding carboxylic acids is 2. The van der Waals surface area contributed by atoms with Gasteiger partial charge in [0.1, 0.15) is 5.75 Å². The lowest BCUT2D eigenvalue weighted by molar-refractivity contribution is -0.118. The molecule has 2 aromatic carbocycles. The zero-order valence-corrected chi connectivity index (χ0v) is 14.2. The van der Waals surface area contributed by atoms with E-state index >= 15 is 0 Å². The van der Waals surface area contributed by atoms with Gasteiger partial charge in [-0.25, -0.2) is 4.79 Å². The molecule has 5 nitrogen and oxygen atoms in total. The first-order chi connectivity index (χ1) is 11.5. The van der Waals surface area contributed by atoms with Gasteiger partial charge < -0.3 is 14.8 Å². The van der Waals surface area contributed by atoms with E-state index in [1.807, 2.05) is 0 Å². The third-order valence-electron chi connectivity index (χ3n) is 3.29. The predicted molar refractivity (Wildman–Crippen MR) is 92.7 cm³/mol. The number of anilines is 1. The Balaban J connectivity index is 1.99. The summed E-state index contributed by atoms with van der Waals surface area (Å²) in [6, 6.07) is 11.8. The van der Waals surface area contributed by atoms with E-state index in [1.165, 1.54) is 0 Å². The monoisotopic (exact) mass is 347 g/mol. The fourth-order valence-corrected chi connectivity index (χ4v) is 2.19. The third-order valence-corrected chi connectivity index (χ3v) is 3.54. The van der Waals surface area contributed by atoms with Crippen LogP contribution in [0.1, 0.15) is 22.8 Å². The van der Waals surface area contributed by atoms with Gasteiger partial charge in [0.25, 0.3) is 5.91 Å². The van der Waals surface area contributed by atoms with Crippen molar-refractivity contribution in [1.29, 1.82) is 0 Å². The summed E-state index contributed by atoms with van der Waals surface area (Å²) in [5.41, 5.74) is 1.62. The molecule has 0 bridgehead atoms. The van der Waals surface area contributed by atoms with Gasteiger partial charge >= 0.3 is 5.97 Å². The van der Waals surface area contributed by atoms with Gasteiger partial charge in [-0.05, 0) is 55.8 Å². The summed E-state index contributed by atoms with van der Waals surface area (Å²) in [4.78, 5) is 23.9. The number of carbonyl (C=O) groups is 2. The van der Waals surface area contributed by atoms with Crippen molar-refractivity contribution in [3.63, 3.8) is 0 Å². The average Bonchev–Trinajstić information content (AvgIpc) is 2.56. The van der Waals surface area contributed by atoms with E-state index in [1.54, 1.807) is 56.3 Å². The molecule has 2 aromatic rings. The molecule has 1 amide bonds. The highest BCUT2D eigenvalue weighted by Gasteiger charge is 2.14. The minimum absolute atomic E-state index is 0.148. The molecule has 0 aliphatic heterocycles. The second kappa shape index (κ2) is 8.36. The van der Waals surface area contributed by atoms with Gasteiger partial charge in [0.15, 0.2) is 6.61 Å². The fraction of sp³-hybridized carbons (Fsp3) is 0.222. The normalized spacial score (nSPS) is 10.1. The fourth-order valence-electron chi connectivity index (χ4n) is 2.07. The van der Waals surface area contributed by atoms with Crippen molar-refractivity contribution < 1.29 is 19.1 Å². The van der Waals surface area contributed by atoms with Crippen molar-refractivity contribution in [2.24, 2.45) is 0 Å². The smallest absolute Gasteiger partial charge is 0.338 e. The van der Waals surface area contributed by atoms with Crippen molar-refractivity contribution in [1.82, 2.24) is 0 Å². The largest absolute Gasteiger partial charge is 0.484 e. The van der Waals surface area contributed by atoms with Crippen LogP contribution in [0.25, 0.3) is 0 Å².